The van der Waals surface area contributed by atoms with Gasteiger partial charge in [0.2, 0.25) is 5.91 Å². The van der Waals surface area contributed by atoms with Gasteiger partial charge in [0.15, 0.2) is 0 Å². The van der Waals surface area contributed by atoms with Crippen molar-refractivity contribution in [3.8, 4) is 0 Å². The van der Waals surface area contributed by atoms with Crippen molar-refractivity contribution in [2.24, 2.45) is 0 Å². The number of hydrogen-bond donors (Lipinski definition) is 1. The van der Waals surface area contributed by atoms with Gasteiger partial charge in [-0.1, -0.05) is 39.8 Å². The number of carbonyl (C=O) groups is 2. The normalized spacial score (nSPS) is 11.4. The van der Waals surface area contributed by atoms with Gasteiger partial charge in [0.05, 0.1) is 17.9 Å². The van der Waals surface area contributed by atoms with E-state index in [-0.39, 0.29) is 36.8 Å². The second-order valence-corrected chi connectivity index (χ2v) is 5.98. The fraction of sp³-hybridized carbons (Fsp3) is 0.600. The van der Waals surface area contributed by atoms with Gasteiger partial charge in [0.25, 0.3) is 0 Å². The van der Waals surface area contributed by atoms with Crippen LogP contribution in [0.25, 0.3) is 0 Å². The van der Waals surface area contributed by atoms with Crippen molar-refractivity contribution in [2.45, 2.75) is 40.7 Å². The van der Waals surface area contributed by atoms with Crippen molar-refractivity contribution in [3.63, 3.8) is 0 Å². The third kappa shape index (κ3) is 8.35. The second kappa shape index (κ2) is 15.6. The molecule has 0 spiro atoms. The molecule has 0 aliphatic heterocycles. The molecule has 0 bridgehead atoms. The number of rotatable bonds is 11. The van der Waals surface area contributed by atoms with Crippen LogP contribution in [0, 0.1) is 0 Å². The fourth-order valence-electron chi connectivity index (χ4n) is 2.95. The molecule has 0 saturated carbocycles. The van der Waals surface area contributed by atoms with Crippen LogP contribution in [0.3, 0.4) is 0 Å². The predicted octanol–water partition coefficient (Wildman–Crippen LogP) is 3.70. The molecule has 0 saturated heterocycles. The number of benzene rings is 1. The maximum atomic E-state index is 13.0. The summed E-state index contributed by atoms with van der Waals surface area (Å²) in [5.74, 6) is -0.524. The number of ether oxygens (including phenoxy) is 1. The Hall–Kier alpha value is -1.34. The molecule has 6 nitrogen and oxygen atoms in total. The van der Waals surface area contributed by atoms with Crippen LogP contribution in [0.5, 0.6) is 0 Å². The number of hydrogen-bond acceptors (Lipinski definition) is 5. The van der Waals surface area contributed by atoms with Gasteiger partial charge in [-0.05, 0) is 45.2 Å². The van der Waals surface area contributed by atoms with E-state index >= 15 is 0 Å². The van der Waals surface area contributed by atoms with Gasteiger partial charge in [0.1, 0.15) is 6.04 Å². The van der Waals surface area contributed by atoms with Crippen molar-refractivity contribution in [3.05, 3.63) is 29.8 Å². The van der Waals surface area contributed by atoms with E-state index in [1.807, 2.05) is 0 Å². The summed E-state index contributed by atoms with van der Waals surface area (Å²) in [4.78, 5) is 29.6. The predicted molar refractivity (Wildman–Crippen MR) is 120 cm³/mol. The molecule has 0 aliphatic carbocycles. The van der Waals surface area contributed by atoms with Crippen molar-refractivity contribution in [1.29, 1.82) is 0 Å². The first-order chi connectivity index (χ1) is 12.5. The summed E-state index contributed by atoms with van der Waals surface area (Å²) in [5, 5.41) is 2.94. The highest BCUT2D eigenvalue weighted by molar-refractivity contribution is 6.02. The second-order valence-electron chi connectivity index (χ2n) is 5.98. The Labute approximate surface area is 181 Å². The molecule has 0 fully saturated rings. The lowest BCUT2D eigenvalue weighted by molar-refractivity contribution is -0.121. The highest BCUT2D eigenvalue weighted by Gasteiger charge is 2.27. The Morgan fingerprint density at radius 1 is 0.964 bits per heavy atom. The van der Waals surface area contributed by atoms with Crippen molar-refractivity contribution < 1.29 is 14.3 Å². The topological polar surface area (TPSA) is 61.9 Å². The molecule has 28 heavy (non-hydrogen) atoms. The molecule has 1 aromatic carbocycles. The van der Waals surface area contributed by atoms with Gasteiger partial charge in [-0.2, -0.15) is 0 Å². The zero-order valence-electron chi connectivity index (χ0n) is 17.6. The van der Waals surface area contributed by atoms with Crippen molar-refractivity contribution >= 4 is 42.4 Å². The minimum Gasteiger partial charge on any atom is -0.462 e. The van der Waals surface area contributed by atoms with E-state index in [4.69, 9.17) is 4.74 Å². The van der Waals surface area contributed by atoms with Crippen LogP contribution in [0.2, 0.25) is 0 Å². The zero-order chi connectivity index (χ0) is 19.5. The van der Waals surface area contributed by atoms with E-state index in [1.165, 1.54) is 0 Å². The molecule has 0 aromatic heterocycles. The highest BCUT2D eigenvalue weighted by Crippen LogP contribution is 2.17. The summed E-state index contributed by atoms with van der Waals surface area (Å²) < 4.78 is 5.09. The standard InChI is InChI=1S/C20H33N3O3.2ClH/c1-6-22(7-2)15-18(23(8-3)9-4)19(24)21-17-14-12-11-13-16(17)20(25)26-10-5;;/h11-14,18H,6-10,15H2,1-5H3,(H,21,24);2*1H. The molecular weight excluding hydrogens is 401 g/mol. The molecule has 0 radical (unpaired) electrons. The van der Waals surface area contributed by atoms with Gasteiger partial charge in [-0.3, -0.25) is 9.69 Å². The quantitative estimate of drug-likeness (QED) is 0.536. The van der Waals surface area contributed by atoms with Crippen LogP contribution in [0.4, 0.5) is 5.69 Å². The number of likely N-dealkylation sites (N-methyl/N-ethyl adjacent to an activating group) is 2. The minimum atomic E-state index is -0.425. The molecule has 1 amide bonds. The number of carbonyl (C=O) groups excluding carboxylic acids is 2. The van der Waals surface area contributed by atoms with Gasteiger partial charge in [-0.15, -0.1) is 24.8 Å². The van der Waals surface area contributed by atoms with Gasteiger partial charge >= 0.3 is 5.97 Å². The molecule has 0 heterocycles. The number of nitrogens with zero attached hydrogens (tertiary/aromatic N) is 2. The Bertz CT molecular complexity index is 580. The lowest BCUT2D eigenvalue weighted by atomic mass is 10.1. The maximum Gasteiger partial charge on any atom is 0.340 e. The molecule has 1 unspecified atom stereocenters. The number of anilines is 1. The number of para-hydroxylation sites is 1. The lowest BCUT2D eigenvalue weighted by Crippen LogP contribution is -2.50. The molecule has 162 valence electrons. The van der Waals surface area contributed by atoms with E-state index in [9.17, 15) is 9.59 Å². The monoisotopic (exact) mass is 435 g/mol. The van der Waals surface area contributed by atoms with E-state index in [1.54, 1.807) is 31.2 Å². The number of amides is 1. The summed E-state index contributed by atoms with van der Waals surface area (Å²) in [6.07, 6.45) is 0. The first kappa shape index (κ1) is 28.9. The molecule has 0 aliphatic rings. The number of halogens is 2. The summed E-state index contributed by atoms with van der Waals surface area (Å²) in [6.45, 7) is 14.4. The Kier molecular flexibility index (Phi) is 16.0. The van der Waals surface area contributed by atoms with E-state index in [0.717, 1.165) is 26.2 Å². The first-order valence-electron chi connectivity index (χ1n) is 9.55. The summed E-state index contributed by atoms with van der Waals surface area (Å²) in [6, 6.07) is 6.69. The van der Waals surface area contributed by atoms with Gasteiger partial charge in [-0.25, -0.2) is 4.79 Å². The average molecular weight is 436 g/mol. The van der Waals surface area contributed by atoms with Crippen LogP contribution in [0.1, 0.15) is 45.0 Å². The van der Waals surface area contributed by atoms with Crippen LogP contribution in [0.15, 0.2) is 24.3 Å². The highest BCUT2D eigenvalue weighted by atomic mass is 35.5. The molecule has 8 heteroatoms. The summed E-state index contributed by atoms with van der Waals surface area (Å²) in [5.41, 5.74) is 0.872. The molecule has 1 rings (SSSR count). The van der Waals surface area contributed by atoms with Crippen LogP contribution in [-0.2, 0) is 9.53 Å². The van der Waals surface area contributed by atoms with Gasteiger partial charge < -0.3 is 15.0 Å². The Balaban J connectivity index is 0. The van der Waals surface area contributed by atoms with Crippen molar-refractivity contribution in [1.82, 2.24) is 9.80 Å². The SMILES string of the molecule is CCOC(=O)c1ccccc1NC(=O)C(CN(CC)CC)N(CC)CC.Cl.Cl. The van der Waals surface area contributed by atoms with Crippen LogP contribution >= 0.6 is 24.8 Å². The third-order valence-electron chi connectivity index (χ3n) is 4.56. The number of nitrogens with one attached hydrogen (secondary N) is 1. The average Bonchev–Trinajstić information content (AvgIpc) is 2.65. The summed E-state index contributed by atoms with van der Waals surface area (Å²) >= 11 is 0. The van der Waals surface area contributed by atoms with E-state index in [0.29, 0.717) is 24.4 Å². The summed E-state index contributed by atoms with van der Waals surface area (Å²) in [7, 11) is 0. The smallest absolute Gasteiger partial charge is 0.340 e. The molecule has 1 atom stereocenters. The van der Waals surface area contributed by atoms with Crippen LogP contribution in [-0.4, -0.2) is 67.0 Å². The van der Waals surface area contributed by atoms with Gasteiger partial charge in [0, 0.05) is 6.54 Å². The molecule has 1 aromatic rings. The van der Waals surface area contributed by atoms with E-state index < -0.39 is 5.97 Å². The van der Waals surface area contributed by atoms with Crippen LogP contribution < -0.4 is 5.32 Å². The lowest BCUT2D eigenvalue weighted by Gasteiger charge is -2.32. The fourth-order valence-corrected chi connectivity index (χ4v) is 2.95. The Morgan fingerprint density at radius 2 is 1.54 bits per heavy atom. The molecular formula is C20H35Cl2N3O3. The largest absolute Gasteiger partial charge is 0.462 e. The molecule has 1 N–H and O–H groups in total. The minimum absolute atomic E-state index is 0. The zero-order valence-corrected chi connectivity index (χ0v) is 19.2. The first-order valence-corrected chi connectivity index (χ1v) is 9.55. The Morgan fingerprint density at radius 3 is 2.04 bits per heavy atom. The van der Waals surface area contributed by atoms with Crippen molar-refractivity contribution in [2.75, 3.05) is 44.6 Å². The third-order valence-corrected chi connectivity index (χ3v) is 4.56. The maximum absolute atomic E-state index is 13.0. The van der Waals surface area contributed by atoms with E-state index in [2.05, 4.69) is 42.8 Å². The number of esters is 1.